The molecular formula is C23H27NO3. The number of hydrogen-bond acceptors (Lipinski definition) is 3. The van der Waals surface area contributed by atoms with E-state index in [4.69, 9.17) is 9.47 Å². The van der Waals surface area contributed by atoms with Crippen LogP contribution in [0.3, 0.4) is 0 Å². The molecule has 2 aromatic carbocycles. The molecule has 27 heavy (non-hydrogen) atoms. The van der Waals surface area contributed by atoms with Gasteiger partial charge in [-0.15, -0.1) is 0 Å². The number of nitrogens with zero attached hydrogens (tertiary/aromatic N) is 1. The highest BCUT2D eigenvalue weighted by Crippen LogP contribution is 2.37. The Kier molecular flexibility index (Phi) is 5.06. The lowest BCUT2D eigenvalue weighted by atomic mass is 9.89. The summed E-state index contributed by atoms with van der Waals surface area (Å²) in [6.45, 7) is 3.15. The van der Waals surface area contributed by atoms with Gasteiger partial charge >= 0.3 is 5.97 Å². The number of esters is 1. The number of fused-ring (bicyclic) bond motifs is 3. The van der Waals surface area contributed by atoms with Gasteiger partial charge in [-0.25, -0.2) is 4.79 Å². The van der Waals surface area contributed by atoms with Gasteiger partial charge in [0.25, 0.3) is 0 Å². The molecular weight excluding hydrogens is 338 g/mol. The van der Waals surface area contributed by atoms with Gasteiger partial charge in [-0.05, 0) is 43.2 Å². The zero-order chi connectivity index (χ0) is 18.8. The molecule has 0 amide bonds. The molecule has 0 N–H and O–H groups in total. The third-order valence-corrected chi connectivity index (χ3v) is 5.81. The standard InChI is InChI=1S/C23H27NO3/c1-16-12-20-21(27-15-22(25)26-2)13-18-10-6-7-11-19(18)23(20)24(16)14-17-8-4-3-5-9-17/h6-7,10-13,17H,3-5,8-9,14-15H2,1-2H3. The Morgan fingerprint density at radius 2 is 1.89 bits per heavy atom. The minimum Gasteiger partial charge on any atom is -0.481 e. The van der Waals surface area contributed by atoms with Gasteiger partial charge < -0.3 is 14.0 Å². The Labute approximate surface area is 160 Å². The van der Waals surface area contributed by atoms with Crippen molar-refractivity contribution in [3.8, 4) is 5.75 Å². The first-order chi connectivity index (χ1) is 13.2. The number of benzene rings is 2. The van der Waals surface area contributed by atoms with E-state index < -0.39 is 0 Å². The zero-order valence-electron chi connectivity index (χ0n) is 16.2. The van der Waals surface area contributed by atoms with E-state index >= 15 is 0 Å². The lowest BCUT2D eigenvalue weighted by Crippen LogP contribution is -2.15. The number of aromatic nitrogens is 1. The van der Waals surface area contributed by atoms with Crippen LogP contribution in [0, 0.1) is 12.8 Å². The molecule has 4 nitrogen and oxygen atoms in total. The van der Waals surface area contributed by atoms with Gasteiger partial charge in [-0.2, -0.15) is 0 Å². The van der Waals surface area contributed by atoms with E-state index in [9.17, 15) is 4.79 Å². The zero-order valence-corrected chi connectivity index (χ0v) is 16.2. The van der Waals surface area contributed by atoms with Crippen molar-refractivity contribution in [3.63, 3.8) is 0 Å². The topological polar surface area (TPSA) is 40.5 Å². The Morgan fingerprint density at radius 3 is 2.67 bits per heavy atom. The number of aryl methyl sites for hydroxylation is 1. The first kappa shape index (κ1) is 17.9. The number of methoxy groups -OCH3 is 1. The van der Waals surface area contributed by atoms with Crippen molar-refractivity contribution in [2.24, 2.45) is 5.92 Å². The summed E-state index contributed by atoms with van der Waals surface area (Å²) < 4.78 is 13.0. The summed E-state index contributed by atoms with van der Waals surface area (Å²) in [6, 6.07) is 12.6. The summed E-state index contributed by atoms with van der Waals surface area (Å²) in [4.78, 5) is 11.6. The second-order valence-electron chi connectivity index (χ2n) is 7.62. The fourth-order valence-electron chi connectivity index (χ4n) is 4.39. The second-order valence-corrected chi connectivity index (χ2v) is 7.62. The average Bonchev–Trinajstić information content (AvgIpc) is 3.03. The molecule has 4 rings (SSSR count). The van der Waals surface area contributed by atoms with Gasteiger partial charge in [-0.1, -0.05) is 43.5 Å². The molecule has 0 bridgehead atoms. The largest absolute Gasteiger partial charge is 0.481 e. The van der Waals surface area contributed by atoms with Crippen molar-refractivity contribution >= 4 is 27.6 Å². The summed E-state index contributed by atoms with van der Waals surface area (Å²) in [5, 5.41) is 3.44. The van der Waals surface area contributed by atoms with E-state index in [1.54, 1.807) is 0 Å². The minimum absolute atomic E-state index is 0.0726. The smallest absolute Gasteiger partial charge is 0.343 e. The second kappa shape index (κ2) is 7.63. The number of hydrogen-bond donors (Lipinski definition) is 0. The van der Waals surface area contributed by atoms with Gasteiger partial charge in [-0.3, -0.25) is 0 Å². The van der Waals surface area contributed by atoms with Gasteiger partial charge in [0.05, 0.1) is 12.6 Å². The molecule has 4 heteroatoms. The molecule has 0 radical (unpaired) electrons. The minimum atomic E-state index is -0.366. The van der Waals surface area contributed by atoms with Crippen molar-refractivity contribution in [1.82, 2.24) is 4.57 Å². The number of carbonyl (C=O) groups excluding carboxylic acids is 1. The average molecular weight is 365 g/mol. The lowest BCUT2D eigenvalue weighted by Gasteiger charge is -2.23. The maximum atomic E-state index is 11.6. The normalized spacial score (nSPS) is 15.3. The molecule has 0 spiro atoms. The summed E-state index contributed by atoms with van der Waals surface area (Å²) in [7, 11) is 1.38. The van der Waals surface area contributed by atoms with Crippen LogP contribution in [0.15, 0.2) is 36.4 Å². The van der Waals surface area contributed by atoms with Crippen LogP contribution in [0.1, 0.15) is 37.8 Å². The highest BCUT2D eigenvalue weighted by Gasteiger charge is 2.19. The van der Waals surface area contributed by atoms with Crippen LogP contribution in [0.2, 0.25) is 0 Å². The molecule has 0 aliphatic heterocycles. The van der Waals surface area contributed by atoms with Crippen LogP contribution >= 0.6 is 0 Å². The summed E-state index contributed by atoms with van der Waals surface area (Å²) in [5.74, 6) is 1.13. The Bertz CT molecular complexity index is 967. The summed E-state index contributed by atoms with van der Waals surface area (Å²) in [5.41, 5.74) is 2.46. The number of carbonyl (C=O) groups is 1. The van der Waals surface area contributed by atoms with Crippen LogP contribution in [0.25, 0.3) is 21.7 Å². The molecule has 0 atom stereocenters. The van der Waals surface area contributed by atoms with Gasteiger partial charge in [0.1, 0.15) is 5.75 Å². The Hall–Kier alpha value is -2.49. The van der Waals surface area contributed by atoms with Gasteiger partial charge in [0, 0.05) is 23.0 Å². The molecule has 1 aromatic heterocycles. The van der Waals surface area contributed by atoms with Crippen molar-refractivity contribution < 1.29 is 14.3 Å². The summed E-state index contributed by atoms with van der Waals surface area (Å²) >= 11 is 0. The van der Waals surface area contributed by atoms with Gasteiger partial charge in [0.15, 0.2) is 6.61 Å². The molecule has 0 saturated heterocycles. The van der Waals surface area contributed by atoms with Crippen LogP contribution < -0.4 is 4.74 Å². The Morgan fingerprint density at radius 1 is 1.11 bits per heavy atom. The lowest BCUT2D eigenvalue weighted by molar-refractivity contribution is -0.142. The molecule has 0 unspecified atom stereocenters. The molecule has 142 valence electrons. The number of rotatable bonds is 5. The quantitative estimate of drug-likeness (QED) is 0.581. The predicted octanol–water partition coefficient (Wildman–Crippen LogP) is 5.24. The van der Waals surface area contributed by atoms with E-state index in [1.165, 1.54) is 55.8 Å². The van der Waals surface area contributed by atoms with Crippen LogP contribution in [0.4, 0.5) is 0 Å². The van der Waals surface area contributed by atoms with E-state index in [0.717, 1.165) is 29.0 Å². The predicted molar refractivity (Wildman–Crippen MR) is 108 cm³/mol. The van der Waals surface area contributed by atoms with E-state index in [2.05, 4.69) is 35.8 Å². The highest BCUT2D eigenvalue weighted by molar-refractivity contribution is 6.09. The van der Waals surface area contributed by atoms with Crippen LogP contribution in [-0.4, -0.2) is 24.3 Å². The van der Waals surface area contributed by atoms with Gasteiger partial charge in [0.2, 0.25) is 0 Å². The van der Waals surface area contributed by atoms with Crippen LogP contribution in [0.5, 0.6) is 5.75 Å². The first-order valence-electron chi connectivity index (χ1n) is 9.88. The van der Waals surface area contributed by atoms with Crippen LogP contribution in [-0.2, 0) is 16.1 Å². The molecule has 3 aromatic rings. The van der Waals surface area contributed by atoms with Crippen molar-refractivity contribution in [3.05, 3.63) is 42.1 Å². The monoisotopic (exact) mass is 365 g/mol. The van der Waals surface area contributed by atoms with E-state index in [-0.39, 0.29) is 12.6 Å². The molecule has 1 heterocycles. The third kappa shape index (κ3) is 3.53. The maximum absolute atomic E-state index is 11.6. The fourth-order valence-corrected chi connectivity index (χ4v) is 4.39. The maximum Gasteiger partial charge on any atom is 0.343 e. The number of ether oxygens (including phenoxy) is 2. The van der Waals surface area contributed by atoms with Crippen molar-refractivity contribution in [2.75, 3.05) is 13.7 Å². The van der Waals surface area contributed by atoms with E-state index in [1.807, 2.05) is 12.1 Å². The third-order valence-electron chi connectivity index (χ3n) is 5.81. The highest BCUT2D eigenvalue weighted by atomic mass is 16.6. The SMILES string of the molecule is COC(=O)COc1cc2ccccc2c2c1cc(C)n2CC1CCCCC1. The molecule has 1 fully saturated rings. The molecule has 1 aliphatic rings. The molecule has 1 saturated carbocycles. The van der Waals surface area contributed by atoms with E-state index in [0.29, 0.717) is 0 Å². The first-order valence-corrected chi connectivity index (χ1v) is 9.88. The Balaban J connectivity index is 1.82. The van der Waals surface area contributed by atoms with Crippen molar-refractivity contribution in [1.29, 1.82) is 0 Å². The fraction of sp³-hybridized carbons (Fsp3) is 0.435. The molecule has 1 aliphatic carbocycles. The van der Waals surface area contributed by atoms with Crippen molar-refractivity contribution in [2.45, 2.75) is 45.6 Å². The summed E-state index contributed by atoms with van der Waals surface area (Å²) in [6.07, 6.45) is 6.69.